The Kier molecular flexibility index (Phi) is 6.53. The highest BCUT2D eigenvalue weighted by Crippen LogP contribution is 2.17. The highest BCUT2D eigenvalue weighted by molar-refractivity contribution is 6.30. The van der Waals surface area contributed by atoms with Gasteiger partial charge in [0.1, 0.15) is 0 Å². The highest BCUT2D eigenvalue weighted by atomic mass is 35.5. The van der Waals surface area contributed by atoms with E-state index in [2.05, 4.69) is 39.8 Å². The summed E-state index contributed by atoms with van der Waals surface area (Å²) in [6.07, 6.45) is 1.96. The molecule has 5 heteroatoms. The second-order valence-corrected chi connectivity index (χ2v) is 7.36. The maximum atomic E-state index is 12.3. The van der Waals surface area contributed by atoms with Gasteiger partial charge in [-0.05, 0) is 43.0 Å². The van der Waals surface area contributed by atoms with E-state index in [9.17, 15) is 4.79 Å². The molecule has 2 N–H and O–H groups in total. The van der Waals surface area contributed by atoms with Crippen molar-refractivity contribution in [1.29, 1.82) is 0 Å². The van der Waals surface area contributed by atoms with Crippen molar-refractivity contribution in [2.75, 3.05) is 13.1 Å². The number of likely N-dealkylation sites (tertiary alicyclic amines) is 1. The maximum Gasteiger partial charge on any atom is 0.315 e. The van der Waals surface area contributed by atoms with Crippen molar-refractivity contribution in [3.63, 3.8) is 0 Å². The number of urea groups is 1. The first-order valence-electron chi connectivity index (χ1n) is 9.19. The number of rotatable bonds is 5. The van der Waals surface area contributed by atoms with Crippen LogP contribution in [0.15, 0.2) is 54.6 Å². The second-order valence-electron chi connectivity index (χ2n) is 6.93. The van der Waals surface area contributed by atoms with Crippen LogP contribution < -0.4 is 10.6 Å². The number of benzene rings is 2. The fourth-order valence-electron chi connectivity index (χ4n) is 3.34. The first kappa shape index (κ1) is 18.7. The Labute approximate surface area is 160 Å². The largest absolute Gasteiger partial charge is 0.335 e. The molecule has 1 heterocycles. The van der Waals surface area contributed by atoms with Crippen molar-refractivity contribution in [2.45, 2.75) is 38.4 Å². The van der Waals surface area contributed by atoms with Crippen LogP contribution in [0.25, 0.3) is 0 Å². The van der Waals surface area contributed by atoms with Crippen LogP contribution in [0.2, 0.25) is 5.02 Å². The Morgan fingerprint density at radius 1 is 1.12 bits per heavy atom. The van der Waals surface area contributed by atoms with Crippen LogP contribution in [0.4, 0.5) is 4.79 Å². The highest BCUT2D eigenvalue weighted by Gasteiger charge is 2.21. The van der Waals surface area contributed by atoms with E-state index < -0.39 is 0 Å². The lowest BCUT2D eigenvalue weighted by Crippen LogP contribution is -2.48. The molecule has 1 atom stereocenters. The standard InChI is InChI=1S/C21H26ClN3O/c1-16(18-7-9-19(22)10-8-18)23-21(26)24-20-11-13-25(14-12-20)15-17-5-3-2-4-6-17/h2-10,16,20H,11-15H2,1H3,(H2,23,24,26). The molecule has 2 amide bonds. The van der Waals surface area contributed by atoms with Crippen LogP contribution >= 0.6 is 11.6 Å². The molecule has 0 saturated carbocycles. The monoisotopic (exact) mass is 371 g/mol. The van der Waals surface area contributed by atoms with Crippen molar-refractivity contribution in [3.8, 4) is 0 Å². The van der Waals surface area contributed by atoms with Crippen molar-refractivity contribution >= 4 is 17.6 Å². The Morgan fingerprint density at radius 2 is 1.77 bits per heavy atom. The van der Waals surface area contributed by atoms with E-state index >= 15 is 0 Å². The van der Waals surface area contributed by atoms with Gasteiger partial charge in [0.15, 0.2) is 0 Å². The van der Waals surface area contributed by atoms with Gasteiger partial charge in [-0.2, -0.15) is 0 Å². The molecule has 1 aliphatic rings. The molecule has 1 fully saturated rings. The number of amides is 2. The minimum Gasteiger partial charge on any atom is -0.335 e. The molecule has 138 valence electrons. The number of carbonyl (C=O) groups is 1. The fourth-order valence-corrected chi connectivity index (χ4v) is 3.46. The lowest BCUT2D eigenvalue weighted by Gasteiger charge is -2.32. The molecule has 26 heavy (non-hydrogen) atoms. The van der Waals surface area contributed by atoms with Gasteiger partial charge in [-0.15, -0.1) is 0 Å². The van der Waals surface area contributed by atoms with E-state index in [0.29, 0.717) is 5.02 Å². The Balaban J connectivity index is 1.41. The van der Waals surface area contributed by atoms with Crippen molar-refractivity contribution in [3.05, 3.63) is 70.7 Å². The average molecular weight is 372 g/mol. The van der Waals surface area contributed by atoms with Gasteiger partial charge in [0, 0.05) is 30.7 Å². The molecule has 0 aliphatic carbocycles. The third-order valence-corrected chi connectivity index (χ3v) is 5.14. The van der Waals surface area contributed by atoms with E-state index in [-0.39, 0.29) is 18.1 Å². The van der Waals surface area contributed by atoms with E-state index in [4.69, 9.17) is 11.6 Å². The molecule has 1 saturated heterocycles. The number of nitrogens with one attached hydrogen (secondary N) is 2. The molecule has 2 aromatic carbocycles. The zero-order valence-electron chi connectivity index (χ0n) is 15.1. The van der Waals surface area contributed by atoms with Crippen molar-refractivity contribution < 1.29 is 4.79 Å². The number of hydrogen-bond donors (Lipinski definition) is 2. The molecule has 3 rings (SSSR count). The predicted octanol–water partition coefficient (Wildman–Crippen LogP) is 4.36. The quantitative estimate of drug-likeness (QED) is 0.819. The van der Waals surface area contributed by atoms with E-state index in [1.54, 1.807) is 0 Å². The first-order valence-corrected chi connectivity index (χ1v) is 9.57. The topological polar surface area (TPSA) is 44.4 Å². The number of halogens is 1. The molecule has 0 radical (unpaired) electrons. The molecule has 0 spiro atoms. The van der Waals surface area contributed by atoms with Gasteiger partial charge in [0.25, 0.3) is 0 Å². The zero-order chi connectivity index (χ0) is 18.4. The van der Waals surface area contributed by atoms with Gasteiger partial charge in [-0.3, -0.25) is 4.90 Å². The van der Waals surface area contributed by atoms with Crippen molar-refractivity contribution in [2.24, 2.45) is 0 Å². The van der Waals surface area contributed by atoms with Gasteiger partial charge in [0.2, 0.25) is 0 Å². The normalized spacial score (nSPS) is 16.8. The summed E-state index contributed by atoms with van der Waals surface area (Å²) < 4.78 is 0. The number of carbonyl (C=O) groups excluding carboxylic acids is 1. The minimum absolute atomic E-state index is 0.0505. The lowest BCUT2D eigenvalue weighted by molar-refractivity contribution is 0.186. The Bertz CT molecular complexity index is 697. The van der Waals surface area contributed by atoms with Gasteiger partial charge in [0.05, 0.1) is 6.04 Å². The minimum atomic E-state index is -0.103. The molecular weight excluding hydrogens is 346 g/mol. The summed E-state index contributed by atoms with van der Waals surface area (Å²) >= 11 is 5.91. The summed E-state index contributed by atoms with van der Waals surface area (Å²) in [7, 11) is 0. The molecule has 1 aliphatic heterocycles. The van der Waals surface area contributed by atoms with Crippen LogP contribution in [0, 0.1) is 0 Å². The van der Waals surface area contributed by atoms with Gasteiger partial charge in [-0.25, -0.2) is 4.79 Å². The summed E-state index contributed by atoms with van der Waals surface area (Å²) in [4.78, 5) is 14.7. The van der Waals surface area contributed by atoms with Gasteiger partial charge >= 0.3 is 6.03 Å². The molecule has 0 bridgehead atoms. The van der Waals surface area contributed by atoms with Gasteiger partial charge in [-0.1, -0.05) is 54.1 Å². The van der Waals surface area contributed by atoms with Crippen LogP contribution in [0.3, 0.4) is 0 Å². The first-order chi connectivity index (χ1) is 12.6. The summed E-state index contributed by atoms with van der Waals surface area (Å²) in [5, 5.41) is 6.82. The van der Waals surface area contributed by atoms with E-state index in [1.807, 2.05) is 37.3 Å². The van der Waals surface area contributed by atoms with Crippen molar-refractivity contribution in [1.82, 2.24) is 15.5 Å². The van der Waals surface area contributed by atoms with Crippen LogP contribution in [-0.4, -0.2) is 30.1 Å². The van der Waals surface area contributed by atoms with Crippen LogP contribution in [0.5, 0.6) is 0 Å². The third kappa shape index (κ3) is 5.48. The number of nitrogens with zero attached hydrogens (tertiary/aromatic N) is 1. The molecule has 4 nitrogen and oxygen atoms in total. The zero-order valence-corrected chi connectivity index (χ0v) is 15.9. The van der Waals surface area contributed by atoms with E-state index in [1.165, 1.54) is 5.56 Å². The third-order valence-electron chi connectivity index (χ3n) is 4.89. The fraction of sp³-hybridized carbons (Fsp3) is 0.381. The summed E-state index contributed by atoms with van der Waals surface area (Å²) in [6.45, 7) is 4.97. The SMILES string of the molecule is CC(NC(=O)NC1CCN(Cc2ccccc2)CC1)c1ccc(Cl)cc1. The predicted molar refractivity (Wildman–Crippen MR) is 106 cm³/mol. The smallest absolute Gasteiger partial charge is 0.315 e. The lowest BCUT2D eigenvalue weighted by atomic mass is 10.0. The molecule has 2 aromatic rings. The Morgan fingerprint density at radius 3 is 2.42 bits per heavy atom. The molecule has 1 unspecified atom stereocenters. The molecular formula is C21H26ClN3O. The summed E-state index contributed by atoms with van der Waals surface area (Å²) in [6, 6.07) is 18.2. The molecule has 0 aromatic heterocycles. The average Bonchev–Trinajstić information content (AvgIpc) is 2.64. The second kappa shape index (κ2) is 9.06. The van der Waals surface area contributed by atoms with Gasteiger partial charge < -0.3 is 10.6 Å². The van der Waals surface area contributed by atoms with Crippen LogP contribution in [-0.2, 0) is 6.54 Å². The van der Waals surface area contributed by atoms with E-state index in [0.717, 1.165) is 38.0 Å². The maximum absolute atomic E-state index is 12.3. The summed E-state index contributed by atoms with van der Waals surface area (Å²) in [5.41, 5.74) is 2.38. The Hall–Kier alpha value is -2.04. The number of piperidine rings is 1. The summed E-state index contributed by atoms with van der Waals surface area (Å²) in [5.74, 6) is 0. The number of hydrogen-bond acceptors (Lipinski definition) is 2. The van der Waals surface area contributed by atoms with Crippen LogP contribution in [0.1, 0.15) is 36.9 Å².